The van der Waals surface area contributed by atoms with Crippen LogP contribution in [0, 0.1) is 5.92 Å². The Kier molecular flexibility index (Phi) is 6.14. The molecule has 15 heavy (non-hydrogen) atoms. The van der Waals surface area contributed by atoms with Gasteiger partial charge < -0.3 is 16.4 Å². The van der Waals surface area contributed by atoms with Gasteiger partial charge in [-0.15, -0.1) is 0 Å². The van der Waals surface area contributed by atoms with Crippen LogP contribution in [0.15, 0.2) is 4.99 Å². The molecule has 0 saturated carbocycles. The second-order valence-corrected chi connectivity index (χ2v) is 3.87. The summed E-state index contributed by atoms with van der Waals surface area (Å²) in [6, 6.07) is 0. The molecule has 1 heterocycles. The van der Waals surface area contributed by atoms with Crippen molar-refractivity contribution in [3.8, 4) is 0 Å². The van der Waals surface area contributed by atoms with Crippen molar-refractivity contribution in [1.82, 2.24) is 4.90 Å². The first-order valence-electron chi connectivity index (χ1n) is 4.34. The number of nitrogens with two attached hydrogens (primary N) is 2. The molecule has 4 N–H and O–H groups in total. The summed E-state index contributed by atoms with van der Waals surface area (Å²) in [4.78, 5) is 16.9. The van der Waals surface area contributed by atoms with Crippen molar-refractivity contribution >= 4 is 49.1 Å². The maximum absolute atomic E-state index is 11.4. The zero-order valence-corrected chi connectivity index (χ0v) is 13.3. The van der Waals surface area contributed by atoms with E-state index >= 15 is 0 Å². The molecular formula is C8H16I2N4O. The second-order valence-electron chi connectivity index (χ2n) is 3.87. The normalized spacial score (nSPS) is 22.3. The molecular weight excluding hydrogens is 422 g/mol. The van der Waals surface area contributed by atoms with Crippen molar-refractivity contribution in [1.29, 1.82) is 0 Å². The highest BCUT2D eigenvalue weighted by molar-refractivity contribution is 15.0. The van der Waals surface area contributed by atoms with Crippen molar-refractivity contribution in [2.24, 2.45) is 22.4 Å². The van der Waals surface area contributed by atoms with E-state index in [1.807, 2.05) is 13.8 Å². The molecule has 1 amide bonds. The molecule has 7 heteroatoms. The van der Waals surface area contributed by atoms with Gasteiger partial charge in [0.05, 0.1) is 18.0 Å². The van der Waals surface area contributed by atoms with Gasteiger partial charge in [-0.05, 0) is 13.8 Å². The number of carbonyl (C=O) groups excluding carboxylic acids is 1. The fourth-order valence-electron chi connectivity index (χ4n) is 1.49. The molecule has 0 radical (unpaired) electrons. The topological polar surface area (TPSA) is 84.7 Å². The fraction of sp³-hybridized carbons (Fsp3) is 0.750. The minimum Gasteiger partial charge on any atom is -0.370 e. The lowest BCUT2D eigenvalue weighted by atomic mass is 9.76. The van der Waals surface area contributed by atoms with Crippen LogP contribution in [0.3, 0.4) is 0 Å². The van der Waals surface area contributed by atoms with Crippen LogP contribution >= 0.6 is 37.2 Å². The zero-order valence-electron chi connectivity index (χ0n) is 9.00. The minimum atomic E-state index is -0.129. The van der Waals surface area contributed by atoms with E-state index in [4.69, 9.17) is 11.5 Å². The summed E-state index contributed by atoms with van der Waals surface area (Å²) in [5.41, 5.74) is 10.3. The Balaban J connectivity index is 0.000000921. The standard InChI is InChI=1S/C8H16N4O.I2/c1-8(2)5(4-11-7(9)10)6(13)12(8)3;1-2/h5H,4H2,1-3H3,(H4,9,10,11);. The van der Waals surface area contributed by atoms with Crippen LogP contribution < -0.4 is 11.5 Å². The van der Waals surface area contributed by atoms with E-state index in [1.54, 1.807) is 11.9 Å². The van der Waals surface area contributed by atoms with Crippen molar-refractivity contribution < 1.29 is 4.79 Å². The van der Waals surface area contributed by atoms with Crippen LogP contribution in [0.1, 0.15) is 13.8 Å². The van der Waals surface area contributed by atoms with E-state index in [1.165, 1.54) is 0 Å². The second kappa shape index (κ2) is 6.06. The van der Waals surface area contributed by atoms with Gasteiger partial charge in [0.1, 0.15) is 0 Å². The first kappa shape index (κ1) is 15.2. The van der Waals surface area contributed by atoms with Gasteiger partial charge in [-0.25, -0.2) is 0 Å². The van der Waals surface area contributed by atoms with Gasteiger partial charge >= 0.3 is 0 Å². The van der Waals surface area contributed by atoms with Gasteiger partial charge in [0.25, 0.3) is 0 Å². The highest BCUT2D eigenvalue weighted by Gasteiger charge is 2.51. The molecule has 1 aliphatic rings. The van der Waals surface area contributed by atoms with E-state index in [0.29, 0.717) is 6.54 Å². The third-order valence-electron chi connectivity index (χ3n) is 2.80. The summed E-state index contributed by atoms with van der Waals surface area (Å²) in [7, 11) is 1.79. The largest absolute Gasteiger partial charge is 0.370 e. The number of amides is 1. The van der Waals surface area contributed by atoms with E-state index in [-0.39, 0.29) is 23.3 Å². The molecule has 0 aromatic rings. The highest BCUT2D eigenvalue weighted by Crippen LogP contribution is 2.35. The Bertz CT molecular complexity index is 263. The Hall–Kier alpha value is 0.200. The highest BCUT2D eigenvalue weighted by atomic mass is 128. The molecule has 0 bridgehead atoms. The lowest BCUT2D eigenvalue weighted by molar-refractivity contribution is -0.162. The van der Waals surface area contributed by atoms with E-state index < -0.39 is 0 Å². The van der Waals surface area contributed by atoms with Crippen LogP contribution in [0.5, 0.6) is 0 Å². The number of halogens is 2. The summed E-state index contributed by atoms with van der Waals surface area (Å²) in [6.07, 6.45) is 0. The Morgan fingerprint density at radius 1 is 1.53 bits per heavy atom. The van der Waals surface area contributed by atoms with Gasteiger partial charge in [-0.3, -0.25) is 9.79 Å². The van der Waals surface area contributed by atoms with Gasteiger partial charge in [-0.2, -0.15) is 0 Å². The number of rotatable bonds is 2. The molecule has 0 spiro atoms. The van der Waals surface area contributed by atoms with Crippen LogP contribution in [0.4, 0.5) is 0 Å². The Morgan fingerprint density at radius 2 is 2.00 bits per heavy atom. The smallest absolute Gasteiger partial charge is 0.230 e. The molecule has 0 aromatic carbocycles. The molecule has 88 valence electrons. The summed E-state index contributed by atoms with van der Waals surface area (Å²) in [5, 5.41) is 0. The maximum atomic E-state index is 11.4. The van der Waals surface area contributed by atoms with Gasteiger partial charge in [0.2, 0.25) is 5.91 Å². The molecule has 1 fully saturated rings. The monoisotopic (exact) mass is 438 g/mol. The maximum Gasteiger partial charge on any atom is 0.230 e. The number of hydrogen-bond donors (Lipinski definition) is 2. The minimum absolute atomic E-state index is 0.0400. The quantitative estimate of drug-likeness (QED) is 0.291. The SMILES string of the molecule is CN1C(=O)C(CN=C(N)N)C1(C)C.II. The van der Waals surface area contributed by atoms with Gasteiger partial charge in [0.15, 0.2) is 5.96 Å². The number of hydrogen-bond acceptors (Lipinski definition) is 2. The zero-order chi connectivity index (χ0) is 12.2. The average molecular weight is 438 g/mol. The lowest BCUT2D eigenvalue weighted by Gasteiger charge is -2.51. The van der Waals surface area contributed by atoms with Crippen molar-refractivity contribution in [3.05, 3.63) is 0 Å². The Labute approximate surface area is 113 Å². The number of nitrogens with zero attached hydrogens (tertiary/aromatic N) is 2. The molecule has 1 aliphatic heterocycles. The number of likely N-dealkylation sites (tertiary alicyclic amines) is 1. The predicted molar refractivity (Wildman–Crippen MR) is 79.1 cm³/mol. The summed E-state index contributed by atoms with van der Waals surface area (Å²) in [5.74, 6) is 0.0627. The third kappa shape index (κ3) is 3.33. The molecule has 1 atom stereocenters. The predicted octanol–water partition coefficient (Wildman–Crippen LogP) is 0.898. The van der Waals surface area contributed by atoms with Crippen LogP contribution in [0.25, 0.3) is 0 Å². The summed E-state index contributed by atoms with van der Waals surface area (Å²) in [6.45, 7) is 4.39. The van der Waals surface area contributed by atoms with E-state index in [9.17, 15) is 4.79 Å². The summed E-state index contributed by atoms with van der Waals surface area (Å²) >= 11 is 4.24. The van der Waals surface area contributed by atoms with Crippen LogP contribution in [-0.4, -0.2) is 35.9 Å². The number of β-lactam (4-membered cyclic amide) rings is 1. The van der Waals surface area contributed by atoms with Gasteiger partial charge in [-0.1, -0.05) is 0 Å². The van der Waals surface area contributed by atoms with E-state index in [2.05, 4.69) is 42.2 Å². The molecule has 1 saturated heterocycles. The molecule has 1 unspecified atom stereocenters. The van der Waals surface area contributed by atoms with Crippen molar-refractivity contribution in [2.75, 3.05) is 13.6 Å². The lowest BCUT2D eigenvalue weighted by Crippen LogP contribution is -2.67. The fourth-order valence-corrected chi connectivity index (χ4v) is 1.49. The number of carbonyl (C=O) groups is 1. The van der Waals surface area contributed by atoms with Crippen LogP contribution in [0.2, 0.25) is 0 Å². The molecule has 5 nitrogen and oxygen atoms in total. The first-order chi connectivity index (χ1) is 6.87. The third-order valence-corrected chi connectivity index (χ3v) is 2.80. The van der Waals surface area contributed by atoms with Crippen molar-refractivity contribution in [2.45, 2.75) is 19.4 Å². The molecule has 1 rings (SSSR count). The Morgan fingerprint density at radius 3 is 2.33 bits per heavy atom. The van der Waals surface area contributed by atoms with E-state index in [0.717, 1.165) is 0 Å². The molecule has 0 aromatic heterocycles. The number of guanidine groups is 1. The summed E-state index contributed by atoms with van der Waals surface area (Å²) < 4.78 is 0. The van der Waals surface area contributed by atoms with Gasteiger partial charge in [0, 0.05) is 44.3 Å². The average Bonchev–Trinajstić information content (AvgIpc) is 2.19. The van der Waals surface area contributed by atoms with Crippen LogP contribution in [-0.2, 0) is 4.79 Å². The number of aliphatic imine (C=N–C) groups is 1. The van der Waals surface area contributed by atoms with Crippen molar-refractivity contribution in [3.63, 3.8) is 0 Å². The molecule has 0 aliphatic carbocycles. The first-order valence-corrected chi connectivity index (χ1v) is 10.6.